The Morgan fingerprint density at radius 2 is 1.86 bits per heavy atom. The summed E-state index contributed by atoms with van der Waals surface area (Å²) < 4.78 is 13.0. The number of hydrogen-bond donors (Lipinski definition) is 2. The van der Waals surface area contributed by atoms with Crippen LogP contribution in [0.5, 0.6) is 0 Å². The second kappa shape index (κ2) is 8.18. The molecule has 0 aliphatic rings. The van der Waals surface area contributed by atoms with E-state index >= 15 is 0 Å². The number of rotatable bonds is 6. The van der Waals surface area contributed by atoms with Crippen LogP contribution in [0.15, 0.2) is 60.8 Å². The van der Waals surface area contributed by atoms with Crippen LogP contribution < -0.4 is 16.2 Å². The Labute approximate surface area is 158 Å². The van der Waals surface area contributed by atoms with E-state index in [-0.39, 0.29) is 17.3 Å². The van der Waals surface area contributed by atoms with Crippen molar-refractivity contribution in [1.82, 2.24) is 9.97 Å². The third kappa shape index (κ3) is 4.24. The minimum atomic E-state index is -0.782. The van der Waals surface area contributed by atoms with Crippen LogP contribution >= 0.6 is 0 Å². The number of halogens is 1. The molecule has 0 saturated carbocycles. The minimum Gasteiger partial charge on any atom is -0.350 e. The number of amides is 1. The van der Waals surface area contributed by atoms with Crippen LogP contribution in [-0.4, -0.2) is 20.8 Å². The van der Waals surface area contributed by atoms with Crippen LogP contribution in [0.4, 0.5) is 21.8 Å². The molecule has 10 heteroatoms. The fourth-order valence-corrected chi connectivity index (χ4v) is 2.36. The summed E-state index contributed by atoms with van der Waals surface area (Å²) in [4.78, 5) is 30.9. The summed E-state index contributed by atoms with van der Waals surface area (Å²) in [6.45, 7) is 0.370. The Hall–Kier alpha value is -3.92. The van der Waals surface area contributed by atoms with Gasteiger partial charge in [-0.25, -0.2) is 20.2 Å². The predicted molar refractivity (Wildman–Crippen MR) is 99.9 cm³/mol. The number of nitrogens with one attached hydrogen (secondary N) is 1. The number of benzene rings is 2. The van der Waals surface area contributed by atoms with E-state index in [9.17, 15) is 19.3 Å². The summed E-state index contributed by atoms with van der Waals surface area (Å²) in [6, 6.07) is 14.0. The highest BCUT2D eigenvalue weighted by Crippen LogP contribution is 2.25. The number of hydrazine groups is 1. The summed E-state index contributed by atoms with van der Waals surface area (Å²) in [6.07, 6.45) is 0.966. The van der Waals surface area contributed by atoms with E-state index in [1.165, 1.54) is 12.1 Å². The van der Waals surface area contributed by atoms with E-state index in [2.05, 4.69) is 15.3 Å². The van der Waals surface area contributed by atoms with E-state index in [4.69, 9.17) is 5.84 Å². The van der Waals surface area contributed by atoms with Gasteiger partial charge in [-0.2, -0.15) is 4.98 Å². The van der Waals surface area contributed by atoms with Gasteiger partial charge in [0.2, 0.25) is 11.8 Å². The monoisotopic (exact) mass is 382 g/mol. The predicted octanol–water partition coefficient (Wildman–Crippen LogP) is 2.66. The van der Waals surface area contributed by atoms with E-state index in [1.54, 1.807) is 0 Å². The van der Waals surface area contributed by atoms with Crippen LogP contribution in [0.3, 0.4) is 0 Å². The van der Waals surface area contributed by atoms with E-state index in [1.807, 2.05) is 30.3 Å². The van der Waals surface area contributed by atoms with Gasteiger partial charge in [-0.15, -0.1) is 0 Å². The molecular formula is C18H15FN6O3. The number of nitrogens with zero attached hydrogens (tertiary/aromatic N) is 4. The van der Waals surface area contributed by atoms with Gasteiger partial charge in [-0.05, 0) is 29.8 Å². The number of carbonyl (C=O) groups is 1. The summed E-state index contributed by atoms with van der Waals surface area (Å²) in [5.41, 5.74) is 0.455. The number of aromatic nitrogens is 2. The zero-order chi connectivity index (χ0) is 20.1. The van der Waals surface area contributed by atoms with E-state index in [0.29, 0.717) is 11.6 Å². The van der Waals surface area contributed by atoms with Crippen molar-refractivity contribution in [2.45, 2.75) is 6.54 Å². The third-order valence-electron chi connectivity index (χ3n) is 3.78. The number of nitro groups is 1. The molecule has 9 nitrogen and oxygen atoms in total. The maximum Gasteiger partial charge on any atom is 0.331 e. The summed E-state index contributed by atoms with van der Waals surface area (Å²) in [5, 5.41) is 14.7. The quantitative estimate of drug-likeness (QED) is 0.290. The topological polar surface area (TPSA) is 127 Å². The molecule has 0 atom stereocenters. The molecule has 0 unspecified atom stereocenters. The zero-order valence-electron chi connectivity index (χ0n) is 14.4. The molecule has 0 aliphatic heterocycles. The molecule has 1 heterocycles. The third-order valence-corrected chi connectivity index (χ3v) is 3.78. The van der Waals surface area contributed by atoms with Crippen LogP contribution in [-0.2, 0) is 6.54 Å². The zero-order valence-corrected chi connectivity index (χ0v) is 14.4. The average molecular weight is 382 g/mol. The number of carbonyl (C=O) groups excluding carboxylic acids is 1. The molecule has 3 aromatic rings. The lowest BCUT2D eigenvalue weighted by molar-refractivity contribution is -0.384. The maximum atomic E-state index is 13.0. The Kier molecular flexibility index (Phi) is 5.51. The van der Waals surface area contributed by atoms with Gasteiger partial charge in [0.1, 0.15) is 12.0 Å². The number of anilines is 2. The maximum absolute atomic E-state index is 13.0. The van der Waals surface area contributed by atoms with Crippen molar-refractivity contribution < 1.29 is 14.1 Å². The second-order valence-corrected chi connectivity index (χ2v) is 5.68. The molecule has 0 fully saturated rings. The fraction of sp³-hybridized carbons (Fsp3) is 0.0556. The van der Waals surface area contributed by atoms with Gasteiger partial charge in [-0.3, -0.25) is 14.9 Å². The van der Waals surface area contributed by atoms with Crippen LogP contribution in [0, 0.1) is 15.9 Å². The van der Waals surface area contributed by atoms with Crippen molar-refractivity contribution in [1.29, 1.82) is 0 Å². The molecule has 0 spiro atoms. The summed E-state index contributed by atoms with van der Waals surface area (Å²) >= 11 is 0. The number of hydrogen-bond acceptors (Lipinski definition) is 7. The minimum absolute atomic E-state index is 0.0515. The van der Waals surface area contributed by atoms with Crippen molar-refractivity contribution in [2.75, 3.05) is 10.3 Å². The van der Waals surface area contributed by atoms with Crippen molar-refractivity contribution in [3.63, 3.8) is 0 Å². The second-order valence-electron chi connectivity index (χ2n) is 5.68. The smallest absolute Gasteiger partial charge is 0.331 e. The summed E-state index contributed by atoms with van der Waals surface area (Å²) in [7, 11) is 0. The highest BCUT2D eigenvalue weighted by atomic mass is 19.1. The van der Waals surface area contributed by atoms with Crippen molar-refractivity contribution in [3.05, 3.63) is 87.9 Å². The molecule has 2 aromatic carbocycles. The molecule has 0 radical (unpaired) electrons. The molecule has 1 aromatic heterocycles. The average Bonchev–Trinajstić information content (AvgIpc) is 2.72. The van der Waals surface area contributed by atoms with Gasteiger partial charge < -0.3 is 5.32 Å². The van der Waals surface area contributed by atoms with Crippen molar-refractivity contribution >= 4 is 23.4 Å². The first kappa shape index (κ1) is 18.9. The molecule has 3 rings (SSSR count). The molecule has 0 saturated heterocycles. The fourth-order valence-electron chi connectivity index (χ4n) is 2.36. The first-order valence-corrected chi connectivity index (χ1v) is 8.09. The largest absolute Gasteiger partial charge is 0.350 e. The van der Waals surface area contributed by atoms with Crippen molar-refractivity contribution in [3.8, 4) is 0 Å². The first-order valence-electron chi connectivity index (χ1n) is 8.09. The highest BCUT2D eigenvalue weighted by molar-refractivity contribution is 6.05. The SMILES string of the molecule is NN(C(=O)c1ccc(F)cc1)c1nc(NCc2ccccc2)ncc1[N+](=O)[O-]. The lowest BCUT2D eigenvalue weighted by atomic mass is 10.2. The molecule has 3 N–H and O–H groups in total. The van der Waals surface area contributed by atoms with Gasteiger partial charge in [0.05, 0.1) is 4.92 Å². The first-order chi connectivity index (χ1) is 13.5. The van der Waals surface area contributed by atoms with Gasteiger partial charge in [0.25, 0.3) is 5.91 Å². The van der Waals surface area contributed by atoms with Gasteiger partial charge in [0, 0.05) is 12.1 Å². The highest BCUT2D eigenvalue weighted by Gasteiger charge is 2.26. The normalized spacial score (nSPS) is 10.4. The molecule has 0 bridgehead atoms. The van der Waals surface area contributed by atoms with E-state index in [0.717, 1.165) is 23.9 Å². The van der Waals surface area contributed by atoms with Crippen LogP contribution in [0.25, 0.3) is 0 Å². The Bertz CT molecular complexity index is 998. The molecule has 28 heavy (non-hydrogen) atoms. The lowest BCUT2D eigenvalue weighted by Crippen LogP contribution is -2.38. The van der Waals surface area contributed by atoms with E-state index < -0.39 is 22.3 Å². The molecule has 1 amide bonds. The lowest BCUT2D eigenvalue weighted by Gasteiger charge is -2.16. The van der Waals surface area contributed by atoms with Crippen molar-refractivity contribution in [2.24, 2.45) is 5.84 Å². The Balaban J connectivity index is 1.87. The Morgan fingerprint density at radius 1 is 1.18 bits per heavy atom. The van der Waals surface area contributed by atoms with Gasteiger partial charge in [0.15, 0.2) is 0 Å². The summed E-state index contributed by atoms with van der Waals surface area (Å²) in [5.74, 6) is 4.16. The molecule has 142 valence electrons. The molecular weight excluding hydrogens is 367 g/mol. The molecule has 0 aliphatic carbocycles. The Morgan fingerprint density at radius 3 is 2.50 bits per heavy atom. The standard InChI is InChI=1S/C18H15FN6O3/c19-14-8-6-13(7-9-14)17(26)24(20)16-15(25(27)28)11-22-18(23-16)21-10-12-4-2-1-3-5-12/h1-9,11H,10,20H2,(H,21,22,23). The van der Waals surface area contributed by atoms with Gasteiger partial charge >= 0.3 is 5.69 Å². The van der Waals surface area contributed by atoms with Crippen LogP contribution in [0.2, 0.25) is 0 Å². The number of nitrogens with two attached hydrogens (primary N) is 1. The van der Waals surface area contributed by atoms with Crippen LogP contribution in [0.1, 0.15) is 15.9 Å². The van der Waals surface area contributed by atoms with Gasteiger partial charge in [-0.1, -0.05) is 30.3 Å².